The molecular formula is C20H22N2O4. The van der Waals surface area contributed by atoms with Crippen molar-refractivity contribution in [3.8, 4) is 5.75 Å². The molecule has 1 atom stereocenters. The third-order valence-electron chi connectivity index (χ3n) is 5.18. The van der Waals surface area contributed by atoms with Crippen molar-refractivity contribution in [3.05, 3.63) is 68.8 Å². The van der Waals surface area contributed by atoms with Gasteiger partial charge in [-0.25, -0.2) is 0 Å². The standard InChI is InChI=1S/C20H22N2O4/c1-14-4-6-15(7-5-14)19-3-2-8-21(19)11-16-9-18(22(23)24)10-17-12-25-13-26-20(16)17/h4-7,9-10,19H,2-3,8,11-13H2,1H3. The van der Waals surface area contributed by atoms with Gasteiger partial charge < -0.3 is 9.47 Å². The van der Waals surface area contributed by atoms with Crippen molar-refractivity contribution in [3.63, 3.8) is 0 Å². The second kappa shape index (κ2) is 7.05. The molecule has 0 amide bonds. The van der Waals surface area contributed by atoms with Crippen molar-refractivity contribution in [2.75, 3.05) is 13.3 Å². The quantitative estimate of drug-likeness (QED) is 0.611. The molecule has 26 heavy (non-hydrogen) atoms. The van der Waals surface area contributed by atoms with Crippen LogP contribution in [-0.2, 0) is 17.9 Å². The minimum absolute atomic E-state index is 0.0962. The second-order valence-corrected chi connectivity index (χ2v) is 7.00. The zero-order valence-corrected chi connectivity index (χ0v) is 14.8. The Labute approximate surface area is 152 Å². The summed E-state index contributed by atoms with van der Waals surface area (Å²) >= 11 is 0. The van der Waals surface area contributed by atoms with Gasteiger partial charge in [-0.05, 0) is 31.9 Å². The largest absolute Gasteiger partial charge is 0.467 e. The topological polar surface area (TPSA) is 64.8 Å². The Morgan fingerprint density at radius 3 is 2.85 bits per heavy atom. The van der Waals surface area contributed by atoms with E-state index < -0.39 is 0 Å². The number of hydrogen-bond acceptors (Lipinski definition) is 5. The lowest BCUT2D eigenvalue weighted by Gasteiger charge is -2.27. The average molecular weight is 354 g/mol. The van der Waals surface area contributed by atoms with Gasteiger partial charge in [0.1, 0.15) is 5.75 Å². The number of nitro benzene ring substituents is 1. The first-order valence-corrected chi connectivity index (χ1v) is 8.93. The predicted molar refractivity (Wildman–Crippen MR) is 96.9 cm³/mol. The fraction of sp³-hybridized carbons (Fsp3) is 0.400. The van der Waals surface area contributed by atoms with Crippen molar-refractivity contribution >= 4 is 5.69 Å². The molecule has 2 aliphatic heterocycles. The van der Waals surface area contributed by atoms with Crippen molar-refractivity contribution in [1.29, 1.82) is 0 Å². The van der Waals surface area contributed by atoms with Gasteiger partial charge in [-0.3, -0.25) is 15.0 Å². The fourth-order valence-corrected chi connectivity index (χ4v) is 3.90. The average Bonchev–Trinajstić information content (AvgIpc) is 3.10. The molecule has 1 fully saturated rings. The van der Waals surface area contributed by atoms with Crippen LogP contribution in [0.15, 0.2) is 36.4 Å². The van der Waals surface area contributed by atoms with E-state index in [0.29, 0.717) is 19.2 Å². The summed E-state index contributed by atoms with van der Waals surface area (Å²) < 4.78 is 11.0. The van der Waals surface area contributed by atoms with Crippen molar-refractivity contribution in [2.45, 2.75) is 39.0 Å². The minimum Gasteiger partial charge on any atom is -0.467 e. The van der Waals surface area contributed by atoms with E-state index in [2.05, 4.69) is 36.1 Å². The van der Waals surface area contributed by atoms with Crippen LogP contribution >= 0.6 is 0 Å². The number of benzene rings is 2. The summed E-state index contributed by atoms with van der Waals surface area (Å²) in [4.78, 5) is 13.3. The Bertz CT molecular complexity index is 819. The molecule has 0 aliphatic carbocycles. The first-order chi connectivity index (χ1) is 12.6. The van der Waals surface area contributed by atoms with E-state index >= 15 is 0 Å². The van der Waals surface area contributed by atoms with E-state index in [4.69, 9.17) is 9.47 Å². The number of rotatable bonds is 4. The number of likely N-dealkylation sites (tertiary alicyclic amines) is 1. The number of non-ortho nitro benzene ring substituents is 1. The Morgan fingerprint density at radius 2 is 2.08 bits per heavy atom. The first-order valence-electron chi connectivity index (χ1n) is 8.93. The molecule has 0 N–H and O–H groups in total. The van der Waals surface area contributed by atoms with Crippen molar-refractivity contribution in [1.82, 2.24) is 4.90 Å². The molecule has 2 aliphatic rings. The van der Waals surface area contributed by atoms with Gasteiger partial charge >= 0.3 is 0 Å². The van der Waals surface area contributed by atoms with Crippen molar-refractivity contribution in [2.24, 2.45) is 0 Å². The normalized spacial score (nSPS) is 19.8. The summed E-state index contributed by atoms with van der Waals surface area (Å²) in [5, 5.41) is 11.3. The molecule has 0 bridgehead atoms. The Kier molecular flexibility index (Phi) is 4.61. The molecule has 1 unspecified atom stereocenters. The van der Waals surface area contributed by atoms with E-state index in [1.165, 1.54) is 11.1 Å². The van der Waals surface area contributed by atoms with Gasteiger partial charge in [0, 0.05) is 35.8 Å². The highest BCUT2D eigenvalue weighted by atomic mass is 16.7. The number of fused-ring (bicyclic) bond motifs is 1. The van der Waals surface area contributed by atoms with Gasteiger partial charge in [0.15, 0.2) is 6.79 Å². The molecule has 4 rings (SSSR count). The highest BCUT2D eigenvalue weighted by Gasteiger charge is 2.29. The third kappa shape index (κ3) is 3.30. The summed E-state index contributed by atoms with van der Waals surface area (Å²) in [7, 11) is 0. The molecular weight excluding hydrogens is 332 g/mol. The number of ether oxygens (including phenoxy) is 2. The van der Waals surface area contributed by atoms with Crippen LogP contribution in [0.1, 0.15) is 41.1 Å². The summed E-state index contributed by atoms with van der Waals surface area (Å²) in [6, 6.07) is 12.2. The molecule has 1 saturated heterocycles. The highest BCUT2D eigenvalue weighted by molar-refractivity contribution is 5.50. The number of nitro groups is 1. The lowest BCUT2D eigenvalue weighted by molar-refractivity contribution is -0.385. The predicted octanol–water partition coefficient (Wildman–Crippen LogP) is 4.11. The van der Waals surface area contributed by atoms with E-state index in [1.54, 1.807) is 12.1 Å². The molecule has 6 nitrogen and oxygen atoms in total. The third-order valence-corrected chi connectivity index (χ3v) is 5.18. The van der Waals surface area contributed by atoms with Crippen LogP contribution in [0.3, 0.4) is 0 Å². The molecule has 0 saturated carbocycles. The maximum atomic E-state index is 11.3. The van der Waals surface area contributed by atoms with Crippen LogP contribution in [0.5, 0.6) is 5.75 Å². The van der Waals surface area contributed by atoms with Gasteiger partial charge in [0.2, 0.25) is 0 Å². The van der Waals surface area contributed by atoms with E-state index in [0.717, 1.165) is 36.3 Å². The van der Waals surface area contributed by atoms with Crippen molar-refractivity contribution < 1.29 is 14.4 Å². The summed E-state index contributed by atoms with van der Waals surface area (Å²) in [6.45, 7) is 4.25. The van der Waals surface area contributed by atoms with E-state index in [9.17, 15) is 10.1 Å². The van der Waals surface area contributed by atoms with Gasteiger partial charge in [-0.2, -0.15) is 0 Å². The monoisotopic (exact) mass is 354 g/mol. The Morgan fingerprint density at radius 1 is 1.27 bits per heavy atom. The van der Waals surface area contributed by atoms with Crippen LogP contribution in [0.25, 0.3) is 0 Å². The van der Waals surface area contributed by atoms with E-state index in [1.807, 2.05) is 0 Å². The number of aryl methyl sites for hydroxylation is 1. The Balaban J connectivity index is 1.64. The fourth-order valence-electron chi connectivity index (χ4n) is 3.90. The van der Waals surface area contributed by atoms with Gasteiger partial charge in [0.25, 0.3) is 5.69 Å². The molecule has 136 valence electrons. The van der Waals surface area contributed by atoms with Crippen LogP contribution in [-0.4, -0.2) is 23.2 Å². The van der Waals surface area contributed by atoms with Crippen LogP contribution in [0, 0.1) is 17.0 Å². The second-order valence-electron chi connectivity index (χ2n) is 7.00. The van der Waals surface area contributed by atoms with Crippen LogP contribution in [0.2, 0.25) is 0 Å². The molecule has 2 aromatic carbocycles. The summed E-state index contributed by atoms with van der Waals surface area (Å²) in [5.41, 5.74) is 4.28. The smallest absolute Gasteiger partial charge is 0.270 e. The number of hydrogen-bond donors (Lipinski definition) is 0. The molecule has 6 heteroatoms. The lowest BCUT2D eigenvalue weighted by atomic mass is 10.0. The lowest BCUT2D eigenvalue weighted by Crippen LogP contribution is -2.24. The minimum atomic E-state index is -0.347. The first kappa shape index (κ1) is 17.0. The highest BCUT2D eigenvalue weighted by Crippen LogP contribution is 2.38. The zero-order valence-electron chi connectivity index (χ0n) is 14.8. The Hall–Kier alpha value is -2.44. The van der Waals surface area contributed by atoms with E-state index in [-0.39, 0.29) is 17.4 Å². The zero-order chi connectivity index (χ0) is 18.1. The maximum absolute atomic E-state index is 11.3. The molecule has 0 spiro atoms. The summed E-state index contributed by atoms with van der Waals surface area (Å²) in [5.74, 6) is 0.747. The maximum Gasteiger partial charge on any atom is 0.270 e. The van der Waals surface area contributed by atoms with Crippen LogP contribution < -0.4 is 4.74 Å². The van der Waals surface area contributed by atoms with Gasteiger partial charge in [-0.1, -0.05) is 29.8 Å². The molecule has 2 heterocycles. The SMILES string of the molecule is Cc1ccc(C2CCCN2Cc2cc([N+](=O)[O-])cc3c2OCOC3)cc1. The van der Waals surface area contributed by atoms with Gasteiger partial charge in [-0.15, -0.1) is 0 Å². The molecule has 0 aromatic heterocycles. The molecule has 2 aromatic rings. The summed E-state index contributed by atoms with van der Waals surface area (Å²) in [6.07, 6.45) is 2.23. The van der Waals surface area contributed by atoms with Crippen LogP contribution in [0.4, 0.5) is 5.69 Å². The number of nitrogens with zero attached hydrogens (tertiary/aromatic N) is 2. The van der Waals surface area contributed by atoms with Gasteiger partial charge in [0.05, 0.1) is 11.5 Å². The molecule has 0 radical (unpaired) electrons.